The Labute approximate surface area is 104 Å². The summed E-state index contributed by atoms with van der Waals surface area (Å²) >= 11 is 0. The van der Waals surface area contributed by atoms with Gasteiger partial charge < -0.3 is 14.8 Å². The number of pyridine rings is 1. The maximum atomic E-state index is 10.8. The maximum Gasteiger partial charge on any atom is 0.213 e. The van der Waals surface area contributed by atoms with Crippen molar-refractivity contribution in [1.82, 2.24) is 10.3 Å². The number of likely N-dealkylation sites (N-methyl/N-ethyl adjacent to an activating group) is 1. The predicted octanol–water partition coefficient (Wildman–Crippen LogP) is 1.84. The standard InChI is InChI=1S/C13H20N2O2.H2/c1-3-14-8-9-17-13-7-6-12(10-15-13)5-4-11(2)16;/h6-7,10,14H,3-5,8-9H2,1-2H3;1H. The molecule has 1 heterocycles. The third-order valence-electron chi connectivity index (χ3n) is 2.34. The molecule has 0 amide bonds. The summed E-state index contributed by atoms with van der Waals surface area (Å²) in [7, 11) is 0. The molecule has 0 bridgehead atoms. The van der Waals surface area contributed by atoms with E-state index >= 15 is 0 Å². The Bertz CT molecular complexity index is 341. The van der Waals surface area contributed by atoms with Crippen molar-refractivity contribution < 1.29 is 11.0 Å². The number of carbonyl (C=O) groups excluding carboxylic acids is 1. The molecular formula is C13H22N2O2. The zero-order valence-electron chi connectivity index (χ0n) is 10.5. The minimum atomic E-state index is 0. The largest absolute Gasteiger partial charge is 0.476 e. The zero-order chi connectivity index (χ0) is 12.5. The maximum absolute atomic E-state index is 10.8. The Morgan fingerprint density at radius 2 is 2.35 bits per heavy atom. The molecule has 1 rings (SSSR count). The minimum Gasteiger partial charge on any atom is -0.476 e. The van der Waals surface area contributed by atoms with Gasteiger partial charge in [0.1, 0.15) is 12.4 Å². The summed E-state index contributed by atoms with van der Waals surface area (Å²) in [5.41, 5.74) is 1.07. The average molecular weight is 238 g/mol. The number of nitrogens with zero attached hydrogens (tertiary/aromatic N) is 1. The van der Waals surface area contributed by atoms with Gasteiger partial charge in [-0.3, -0.25) is 0 Å². The van der Waals surface area contributed by atoms with Gasteiger partial charge in [0, 0.05) is 26.7 Å². The van der Waals surface area contributed by atoms with Gasteiger partial charge >= 0.3 is 0 Å². The molecule has 1 aromatic heterocycles. The molecule has 0 aromatic carbocycles. The van der Waals surface area contributed by atoms with Crippen molar-refractivity contribution >= 4 is 5.78 Å². The Hall–Kier alpha value is -1.42. The van der Waals surface area contributed by atoms with Gasteiger partial charge in [-0.1, -0.05) is 13.0 Å². The molecule has 4 nitrogen and oxygen atoms in total. The number of hydrogen-bond acceptors (Lipinski definition) is 4. The van der Waals surface area contributed by atoms with Crippen LogP contribution in [0.2, 0.25) is 0 Å². The van der Waals surface area contributed by atoms with E-state index in [1.54, 1.807) is 13.1 Å². The second kappa shape index (κ2) is 7.79. The number of Topliss-reactive ketones (excluding diaryl/α,β-unsaturated/α-hetero) is 1. The van der Waals surface area contributed by atoms with E-state index in [2.05, 4.69) is 17.2 Å². The molecule has 0 aliphatic carbocycles. The van der Waals surface area contributed by atoms with Crippen molar-refractivity contribution in [3.05, 3.63) is 23.9 Å². The number of nitrogens with one attached hydrogen (secondary N) is 1. The normalized spacial score (nSPS) is 10.2. The molecule has 0 atom stereocenters. The lowest BCUT2D eigenvalue weighted by Crippen LogP contribution is -2.20. The molecule has 0 saturated carbocycles. The number of rotatable bonds is 8. The van der Waals surface area contributed by atoms with E-state index < -0.39 is 0 Å². The molecule has 0 radical (unpaired) electrons. The fraction of sp³-hybridized carbons (Fsp3) is 0.538. The Morgan fingerprint density at radius 3 is 2.94 bits per heavy atom. The van der Waals surface area contributed by atoms with Crippen molar-refractivity contribution in [1.29, 1.82) is 0 Å². The quantitative estimate of drug-likeness (QED) is 0.702. The van der Waals surface area contributed by atoms with Crippen LogP contribution in [0.25, 0.3) is 0 Å². The van der Waals surface area contributed by atoms with Crippen molar-refractivity contribution in [3.8, 4) is 5.88 Å². The first-order valence-corrected chi connectivity index (χ1v) is 6.00. The smallest absolute Gasteiger partial charge is 0.213 e. The Morgan fingerprint density at radius 1 is 1.53 bits per heavy atom. The van der Waals surface area contributed by atoms with Gasteiger partial charge in [-0.05, 0) is 25.5 Å². The molecule has 0 fully saturated rings. The molecule has 0 saturated heterocycles. The predicted molar refractivity (Wildman–Crippen MR) is 69.4 cm³/mol. The van der Waals surface area contributed by atoms with Crippen LogP contribution in [0.4, 0.5) is 0 Å². The third kappa shape index (κ3) is 6.02. The van der Waals surface area contributed by atoms with Crippen LogP contribution in [0.5, 0.6) is 5.88 Å². The van der Waals surface area contributed by atoms with Crippen LogP contribution in [0.1, 0.15) is 27.3 Å². The number of ether oxygens (including phenoxy) is 1. The van der Waals surface area contributed by atoms with Gasteiger partial charge in [0.25, 0.3) is 0 Å². The summed E-state index contributed by atoms with van der Waals surface area (Å²) in [5, 5.41) is 3.17. The molecule has 0 spiro atoms. The van der Waals surface area contributed by atoms with E-state index in [1.165, 1.54) is 0 Å². The molecule has 0 aliphatic rings. The van der Waals surface area contributed by atoms with E-state index in [0.29, 0.717) is 18.9 Å². The summed E-state index contributed by atoms with van der Waals surface area (Å²) < 4.78 is 5.45. The van der Waals surface area contributed by atoms with Gasteiger partial charge in [0.15, 0.2) is 0 Å². The van der Waals surface area contributed by atoms with E-state index in [4.69, 9.17) is 4.74 Å². The summed E-state index contributed by atoms with van der Waals surface area (Å²) in [6, 6.07) is 3.81. The lowest BCUT2D eigenvalue weighted by molar-refractivity contribution is -0.116. The first kappa shape index (κ1) is 13.6. The summed E-state index contributed by atoms with van der Waals surface area (Å²) in [6.07, 6.45) is 3.09. The summed E-state index contributed by atoms with van der Waals surface area (Å²) in [5.74, 6) is 0.838. The number of carbonyl (C=O) groups is 1. The average Bonchev–Trinajstić information content (AvgIpc) is 2.33. The molecular weight excluding hydrogens is 216 g/mol. The van der Waals surface area contributed by atoms with Gasteiger partial charge in [0.2, 0.25) is 5.88 Å². The highest BCUT2D eigenvalue weighted by Gasteiger charge is 1.99. The van der Waals surface area contributed by atoms with Gasteiger partial charge in [-0.25, -0.2) is 4.98 Å². The molecule has 96 valence electrons. The van der Waals surface area contributed by atoms with Crippen molar-refractivity contribution in [3.63, 3.8) is 0 Å². The van der Waals surface area contributed by atoms with E-state index in [9.17, 15) is 4.79 Å². The molecule has 1 aromatic rings. The van der Waals surface area contributed by atoms with Crippen LogP contribution in [0.3, 0.4) is 0 Å². The minimum absolute atomic E-state index is 0. The molecule has 17 heavy (non-hydrogen) atoms. The van der Waals surface area contributed by atoms with Gasteiger partial charge in [-0.15, -0.1) is 0 Å². The zero-order valence-corrected chi connectivity index (χ0v) is 10.5. The molecule has 0 unspecified atom stereocenters. The Kier molecular flexibility index (Phi) is 6.25. The van der Waals surface area contributed by atoms with Gasteiger partial charge in [-0.2, -0.15) is 0 Å². The summed E-state index contributed by atoms with van der Waals surface area (Å²) in [4.78, 5) is 15.0. The SMILES string of the molecule is CCNCCOc1ccc(CCC(C)=O)cn1.[HH]. The van der Waals surface area contributed by atoms with Crippen LogP contribution >= 0.6 is 0 Å². The first-order chi connectivity index (χ1) is 8.22. The highest BCUT2D eigenvalue weighted by molar-refractivity contribution is 5.75. The van der Waals surface area contributed by atoms with Crippen LogP contribution in [0.15, 0.2) is 18.3 Å². The monoisotopic (exact) mass is 238 g/mol. The van der Waals surface area contributed by atoms with Crippen LogP contribution in [-0.2, 0) is 11.2 Å². The van der Waals surface area contributed by atoms with E-state index in [1.807, 2.05) is 12.1 Å². The summed E-state index contributed by atoms with van der Waals surface area (Å²) in [6.45, 7) is 6.05. The lowest BCUT2D eigenvalue weighted by Gasteiger charge is -2.06. The van der Waals surface area contributed by atoms with Gasteiger partial charge in [0.05, 0.1) is 0 Å². The van der Waals surface area contributed by atoms with Crippen molar-refractivity contribution in [2.75, 3.05) is 19.7 Å². The fourth-order valence-corrected chi connectivity index (χ4v) is 1.37. The number of aromatic nitrogens is 1. The topological polar surface area (TPSA) is 51.2 Å². The van der Waals surface area contributed by atoms with Crippen LogP contribution < -0.4 is 10.1 Å². The second-order valence-corrected chi connectivity index (χ2v) is 3.91. The number of ketones is 1. The second-order valence-electron chi connectivity index (χ2n) is 3.91. The van der Waals surface area contributed by atoms with E-state index in [0.717, 1.165) is 25.1 Å². The molecule has 1 N–H and O–H groups in total. The molecule has 0 aliphatic heterocycles. The van der Waals surface area contributed by atoms with Crippen LogP contribution in [-0.4, -0.2) is 30.5 Å². The van der Waals surface area contributed by atoms with Crippen LogP contribution in [0, 0.1) is 0 Å². The first-order valence-electron chi connectivity index (χ1n) is 6.00. The lowest BCUT2D eigenvalue weighted by atomic mass is 10.1. The number of aryl methyl sites for hydroxylation is 1. The highest BCUT2D eigenvalue weighted by atomic mass is 16.5. The third-order valence-corrected chi connectivity index (χ3v) is 2.34. The molecule has 4 heteroatoms. The van der Waals surface area contributed by atoms with Crippen molar-refractivity contribution in [2.45, 2.75) is 26.7 Å². The number of hydrogen-bond donors (Lipinski definition) is 1. The van der Waals surface area contributed by atoms with E-state index in [-0.39, 0.29) is 7.21 Å². The Balaban J connectivity index is 0.00000289. The fourth-order valence-electron chi connectivity index (χ4n) is 1.37. The highest BCUT2D eigenvalue weighted by Crippen LogP contribution is 2.09. The van der Waals surface area contributed by atoms with Crippen molar-refractivity contribution in [2.24, 2.45) is 0 Å².